The van der Waals surface area contributed by atoms with Crippen molar-refractivity contribution in [1.82, 2.24) is 9.88 Å². The number of aryl methyl sites for hydroxylation is 1. The number of hydrogen-bond donors (Lipinski definition) is 1. The minimum Gasteiger partial charge on any atom is -0.364 e. The maximum absolute atomic E-state index is 12.8. The Morgan fingerprint density at radius 2 is 2.00 bits per heavy atom. The van der Waals surface area contributed by atoms with Crippen molar-refractivity contribution in [3.05, 3.63) is 63.6 Å². The van der Waals surface area contributed by atoms with Crippen LogP contribution in [-0.2, 0) is 6.54 Å². The Hall–Kier alpha value is -2.01. The number of aromatic nitrogens is 1. The fourth-order valence-corrected chi connectivity index (χ4v) is 2.98. The monoisotopic (exact) mass is 328 g/mol. The Morgan fingerprint density at radius 3 is 2.57 bits per heavy atom. The van der Waals surface area contributed by atoms with Gasteiger partial charge in [0.15, 0.2) is 5.43 Å². The zero-order chi connectivity index (χ0) is 16.4. The van der Waals surface area contributed by atoms with Gasteiger partial charge in [-0.3, -0.25) is 9.59 Å². The summed E-state index contributed by atoms with van der Waals surface area (Å²) in [5.41, 5.74) is 1.86. The lowest BCUT2D eigenvalue weighted by Gasteiger charge is -2.22. The van der Waals surface area contributed by atoms with E-state index in [1.54, 1.807) is 11.8 Å². The molecule has 0 bridgehead atoms. The SMILES string of the molecule is CSc1ccc(CN(C(=O)c2c[nH]c(C)cc2=O)C2CC2)cc1. The van der Waals surface area contributed by atoms with Gasteiger partial charge in [0.05, 0.1) is 0 Å². The van der Waals surface area contributed by atoms with Crippen molar-refractivity contribution in [3.8, 4) is 0 Å². The number of rotatable bonds is 5. The number of H-pyrrole nitrogens is 1. The predicted molar refractivity (Wildman–Crippen MR) is 92.9 cm³/mol. The summed E-state index contributed by atoms with van der Waals surface area (Å²) < 4.78 is 0. The Bertz CT molecular complexity index is 763. The van der Waals surface area contributed by atoms with Crippen LogP contribution in [0.25, 0.3) is 0 Å². The van der Waals surface area contributed by atoms with E-state index in [-0.39, 0.29) is 22.9 Å². The van der Waals surface area contributed by atoms with E-state index < -0.39 is 0 Å². The molecule has 3 rings (SSSR count). The molecule has 1 N–H and O–H groups in total. The average molecular weight is 328 g/mol. The van der Waals surface area contributed by atoms with Gasteiger partial charge in [0.1, 0.15) is 5.56 Å². The van der Waals surface area contributed by atoms with Crippen molar-refractivity contribution in [2.75, 3.05) is 6.26 Å². The Labute approximate surface area is 139 Å². The van der Waals surface area contributed by atoms with Gasteiger partial charge in [-0.05, 0) is 43.7 Å². The second-order valence-electron chi connectivity index (χ2n) is 5.91. The van der Waals surface area contributed by atoms with Crippen LogP contribution >= 0.6 is 11.8 Å². The Morgan fingerprint density at radius 1 is 1.30 bits per heavy atom. The van der Waals surface area contributed by atoms with Gasteiger partial charge < -0.3 is 9.88 Å². The molecule has 1 amide bonds. The number of thioether (sulfide) groups is 1. The number of nitrogens with zero attached hydrogens (tertiary/aromatic N) is 1. The molecule has 1 aliphatic carbocycles. The first-order valence-electron chi connectivity index (χ1n) is 7.71. The minimum absolute atomic E-state index is 0.178. The maximum atomic E-state index is 12.8. The van der Waals surface area contributed by atoms with Gasteiger partial charge in [-0.1, -0.05) is 12.1 Å². The van der Waals surface area contributed by atoms with Crippen LogP contribution in [0.3, 0.4) is 0 Å². The quantitative estimate of drug-likeness (QED) is 0.858. The zero-order valence-electron chi connectivity index (χ0n) is 13.3. The molecule has 1 aliphatic rings. The van der Waals surface area contributed by atoms with Crippen LogP contribution in [-0.4, -0.2) is 28.1 Å². The third-order valence-corrected chi connectivity index (χ3v) is 4.79. The van der Waals surface area contributed by atoms with E-state index in [2.05, 4.69) is 17.1 Å². The van der Waals surface area contributed by atoms with E-state index in [1.807, 2.05) is 30.2 Å². The highest BCUT2D eigenvalue weighted by molar-refractivity contribution is 7.98. The van der Waals surface area contributed by atoms with Gasteiger partial charge in [0.2, 0.25) is 0 Å². The summed E-state index contributed by atoms with van der Waals surface area (Å²) in [6, 6.07) is 9.96. The lowest BCUT2D eigenvalue weighted by molar-refractivity contribution is 0.0728. The summed E-state index contributed by atoms with van der Waals surface area (Å²) in [5, 5.41) is 0. The van der Waals surface area contributed by atoms with Gasteiger partial charge in [-0.15, -0.1) is 11.8 Å². The molecule has 0 unspecified atom stereocenters. The van der Waals surface area contributed by atoms with Crippen molar-refractivity contribution in [2.45, 2.75) is 37.2 Å². The van der Waals surface area contributed by atoms with Gasteiger partial charge in [-0.2, -0.15) is 0 Å². The number of benzene rings is 1. The molecular weight excluding hydrogens is 308 g/mol. The molecule has 120 valence electrons. The highest BCUT2D eigenvalue weighted by atomic mass is 32.2. The smallest absolute Gasteiger partial charge is 0.259 e. The molecule has 2 aromatic rings. The van der Waals surface area contributed by atoms with Crippen molar-refractivity contribution in [3.63, 3.8) is 0 Å². The first kappa shape index (κ1) is 15.9. The molecule has 0 radical (unpaired) electrons. The number of pyridine rings is 1. The van der Waals surface area contributed by atoms with Gasteiger partial charge in [-0.25, -0.2) is 0 Å². The third kappa shape index (κ3) is 3.67. The largest absolute Gasteiger partial charge is 0.364 e. The molecule has 23 heavy (non-hydrogen) atoms. The molecule has 0 aliphatic heterocycles. The van der Waals surface area contributed by atoms with Crippen LogP contribution in [0.5, 0.6) is 0 Å². The normalized spacial score (nSPS) is 13.8. The minimum atomic E-state index is -0.213. The highest BCUT2D eigenvalue weighted by Crippen LogP contribution is 2.29. The number of nitrogens with one attached hydrogen (secondary N) is 1. The van der Waals surface area contributed by atoms with Gasteiger partial charge in [0, 0.05) is 35.4 Å². The van der Waals surface area contributed by atoms with E-state index in [9.17, 15) is 9.59 Å². The zero-order valence-corrected chi connectivity index (χ0v) is 14.2. The summed E-state index contributed by atoms with van der Waals surface area (Å²) in [4.78, 5) is 30.9. The number of hydrogen-bond acceptors (Lipinski definition) is 3. The molecule has 1 saturated carbocycles. The molecule has 0 saturated heterocycles. The summed E-state index contributed by atoms with van der Waals surface area (Å²) in [5.74, 6) is -0.178. The van der Waals surface area contributed by atoms with Crippen LogP contribution < -0.4 is 5.43 Å². The van der Waals surface area contributed by atoms with E-state index in [1.165, 1.54) is 17.2 Å². The molecular formula is C18H20N2O2S. The molecule has 0 spiro atoms. The molecule has 4 nitrogen and oxygen atoms in total. The lowest BCUT2D eigenvalue weighted by Crippen LogP contribution is -2.35. The van der Waals surface area contributed by atoms with Crippen LogP contribution in [0.15, 0.2) is 46.2 Å². The van der Waals surface area contributed by atoms with E-state index in [0.717, 1.165) is 24.1 Å². The van der Waals surface area contributed by atoms with Crippen LogP contribution in [0.2, 0.25) is 0 Å². The molecule has 1 aromatic carbocycles. The van der Waals surface area contributed by atoms with E-state index >= 15 is 0 Å². The summed E-state index contributed by atoms with van der Waals surface area (Å²) in [7, 11) is 0. The topological polar surface area (TPSA) is 53.2 Å². The van der Waals surface area contributed by atoms with Crippen LogP contribution in [0, 0.1) is 6.92 Å². The highest BCUT2D eigenvalue weighted by Gasteiger charge is 2.33. The molecule has 0 atom stereocenters. The van der Waals surface area contributed by atoms with Crippen LogP contribution in [0.1, 0.15) is 34.5 Å². The molecule has 1 fully saturated rings. The lowest BCUT2D eigenvalue weighted by atomic mass is 10.1. The van der Waals surface area contributed by atoms with E-state index in [0.29, 0.717) is 6.54 Å². The van der Waals surface area contributed by atoms with Crippen molar-refractivity contribution in [2.24, 2.45) is 0 Å². The molecule has 1 aromatic heterocycles. The number of amides is 1. The van der Waals surface area contributed by atoms with Crippen molar-refractivity contribution >= 4 is 17.7 Å². The summed E-state index contributed by atoms with van der Waals surface area (Å²) in [6.45, 7) is 2.35. The standard InChI is InChI=1S/C18H20N2O2S/c1-12-9-17(21)16(10-19-12)18(22)20(14-5-6-14)11-13-3-7-15(23-2)8-4-13/h3-4,7-10,14H,5-6,11H2,1-2H3,(H,19,21). The fourth-order valence-electron chi connectivity index (χ4n) is 2.58. The number of carbonyl (C=O) groups is 1. The number of carbonyl (C=O) groups excluding carboxylic acids is 1. The summed E-state index contributed by atoms with van der Waals surface area (Å²) in [6.07, 6.45) is 5.60. The van der Waals surface area contributed by atoms with Crippen molar-refractivity contribution in [1.29, 1.82) is 0 Å². The van der Waals surface area contributed by atoms with Crippen LogP contribution in [0.4, 0.5) is 0 Å². The Balaban J connectivity index is 1.83. The first-order chi connectivity index (χ1) is 11.1. The maximum Gasteiger partial charge on any atom is 0.259 e. The predicted octanol–water partition coefficient (Wildman–Crippen LogP) is 3.21. The second kappa shape index (κ2) is 6.62. The number of aromatic amines is 1. The first-order valence-corrected chi connectivity index (χ1v) is 8.94. The van der Waals surface area contributed by atoms with Crippen molar-refractivity contribution < 1.29 is 4.79 Å². The van der Waals surface area contributed by atoms with E-state index in [4.69, 9.17) is 0 Å². The molecule has 5 heteroatoms. The average Bonchev–Trinajstić information content (AvgIpc) is 3.37. The second-order valence-corrected chi connectivity index (χ2v) is 6.79. The van der Waals surface area contributed by atoms with Gasteiger partial charge >= 0.3 is 0 Å². The molecule has 1 heterocycles. The summed E-state index contributed by atoms with van der Waals surface area (Å²) >= 11 is 1.70. The third-order valence-electron chi connectivity index (χ3n) is 4.05. The Kier molecular flexibility index (Phi) is 4.57. The van der Waals surface area contributed by atoms with Gasteiger partial charge in [0.25, 0.3) is 5.91 Å². The fraction of sp³-hybridized carbons (Fsp3) is 0.333.